The first-order chi connectivity index (χ1) is 11.9. The molecule has 3 amide bonds. The Bertz CT molecular complexity index is 688. The van der Waals surface area contributed by atoms with Crippen molar-refractivity contribution in [2.45, 2.75) is 45.1 Å². The molecule has 2 aliphatic rings. The second-order valence-corrected chi connectivity index (χ2v) is 7.29. The second-order valence-electron chi connectivity index (χ2n) is 6.48. The lowest BCUT2D eigenvalue weighted by molar-refractivity contribution is -0.134. The van der Waals surface area contributed by atoms with Gasteiger partial charge in [-0.2, -0.15) is 0 Å². The molecule has 1 aliphatic heterocycles. The van der Waals surface area contributed by atoms with Crippen LogP contribution in [0.25, 0.3) is 0 Å². The molecule has 1 saturated carbocycles. The van der Waals surface area contributed by atoms with Gasteiger partial charge in [-0.25, -0.2) is 0 Å². The van der Waals surface area contributed by atoms with E-state index in [2.05, 4.69) is 0 Å². The van der Waals surface area contributed by atoms with Gasteiger partial charge < -0.3 is 4.90 Å². The van der Waals surface area contributed by atoms with Crippen LogP contribution >= 0.6 is 23.2 Å². The van der Waals surface area contributed by atoms with Crippen molar-refractivity contribution in [3.05, 3.63) is 33.3 Å². The number of carbonyl (C=O) groups excluding carboxylic acids is 3. The quantitative estimate of drug-likeness (QED) is 0.744. The summed E-state index contributed by atoms with van der Waals surface area (Å²) < 4.78 is 0. The summed E-state index contributed by atoms with van der Waals surface area (Å²) in [5.74, 6) is -1.18. The Morgan fingerprint density at radius 3 is 2.08 bits per heavy atom. The van der Waals surface area contributed by atoms with Gasteiger partial charge in [0.15, 0.2) is 0 Å². The summed E-state index contributed by atoms with van der Waals surface area (Å²) in [6.07, 6.45) is 5.37. The highest BCUT2D eigenvalue weighted by Gasteiger charge is 2.38. The fourth-order valence-corrected chi connectivity index (χ4v) is 4.01. The number of halogens is 2. The molecule has 0 aromatic heterocycles. The molecule has 5 nitrogen and oxygen atoms in total. The van der Waals surface area contributed by atoms with Crippen LogP contribution in [0.4, 0.5) is 0 Å². The third kappa shape index (κ3) is 3.40. The molecule has 25 heavy (non-hydrogen) atoms. The minimum atomic E-state index is -0.494. The molecule has 1 aliphatic carbocycles. The predicted molar refractivity (Wildman–Crippen MR) is 96.1 cm³/mol. The van der Waals surface area contributed by atoms with Crippen molar-refractivity contribution in [1.82, 2.24) is 9.80 Å². The number of benzene rings is 1. The van der Waals surface area contributed by atoms with Crippen molar-refractivity contribution in [1.29, 1.82) is 0 Å². The highest BCUT2D eigenvalue weighted by atomic mass is 35.5. The summed E-state index contributed by atoms with van der Waals surface area (Å²) >= 11 is 11.9. The molecule has 134 valence electrons. The lowest BCUT2D eigenvalue weighted by Crippen LogP contribution is -2.47. The molecule has 0 atom stereocenters. The predicted octanol–water partition coefficient (Wildman–Crippen LogP) is 3.77. The summed E-state index contributed by atoms with van der Waals surface area (Å²) in [5.41, 5.74) is 0.404. The van der Waals surface area contributed by atoms with E-state index in [-0.39, 0.29) is 39.7 Å². The topological polar surface area (TPSA) is 57.7 Å². The number of hydrogen-bond acceptors (Lipinski definition) is 3. The van der Waals surface area contributed by atoms with E-state index in [1.807, 2.05) is 6.92 Å². The lowest BCUT2D eigenvalue weighted by Gasteiger charge is -2.34. The monoisotopic (exact) mass is 382 g/mol. The Balaban J connectivity index is 1.77. The van der Waals surface area contributed by atoms with Crippen LogP contribution in [-0.2, 0) is 4.79 Å². The van der Waals surface area contributed by atoms with Gasteiger partial charge in [0, 0.05) is 12.6 Å². The second kappa shape index (κ2) is 7.34. The number of imide groups is 1. The first kappa shape index (κ1) is 18.2. The van der Waals surface area contributed by atoms with Gasteiger partial charge in [0.2, 0.25) is 5.91 Å². The standard InChI is InChI=1S/C18H20Cl2N2O3/c1-2-21(11-6-4-3-5-7-11)16(23)10-22-17(24)12-8-14(19)15(20)9-13(12)18(22)25/h8-9,11H,2-7,10H2,1H3. The normalized spacial score (nSPS) is 17.8. The molecule has 1 fully saturated rings. The van der Waals surface area contributed by atoms with Crippen LogP contribution in [-0.4, -0.2) is 46.7 Å². The van der Waals surface area contributed by atoms with E-state index >= 15 is 0 Å². The molecule has 1 heterocycles. The molecule has 3 rings (SSSR count). The van der Waals surface area contributed by atoms with E-state index in [9.17, 15) is 14.4 Å². The number of amides is 3. The molecular weight excluding hydrogens is 363 g/mol. The average molecular weight is 383 g/mol. The van der Waals surface area contributed by atoms with Crippen LogP contribution in [0.2, 0.25) is 10.0 Å². The zero-order valence-electron chi connectivity index (χ0n) is 14.1. The summed E-state index contributed by atoms with van der Waals surface area (Å²) in [5, 5.41) is 0.430. The zero-order valence-corrected chi connectivity index (χ0v) is 15.6. The minimum Gasteiger partial charge on any atom is -0.338 e. The SMILES string of the molecule is CCN(C(=O)CN1C(=O)c2cc(Cl)c(Cl)cc2C1=O)C1CCCCC1. The molecule has 0 spiro atoms. The highest BCUT2D eigenvalue weighted by molar-refractivity contribution is 6.43. The maximum Gasteiger partial charge on any atom is 0.262 e. The first-order valence-electron chi connectivity index (χ1n) is 8.58. The van der Waals surface area contributed by atoms with Gasteiger partial charge in [-0.05, 0) is 31.9 Å². The summed E-state index contributed by atoms with van der Waals surface area (Å²) in [4.78, 5) is 40.6. The lowest BCUT2D eigenvalue weighted by atomic mass is 9.94. The summed E-state index contributed by atoms with van der Waals surface area (Å²) in [6, 6.07) is 2.98. The van der Waals surface area contributed by atoms with E-state index in [1.165, 1.54) is 18.6 Å². The molecule has 0 bridgehead atoms. The van der Waals surface area contributed by atoms with E-state index in [4.69, 9.17) is 23.2 Å². The van der Waals surface area contributed by atoms with E-state index in [0.717, 1.165) is 30.6 Å². The van der Waals surface area contributed by atoms with E-state index in [1.54, 1.807) is 4.90 Å². The fraction of sp³-hybridized carbons (Fsp3) is 0.500. The fourth-order valence-electron chi connectivity index (χ4n) is 3.68. The van der Waals surface area contributed by atoms with Crippen molar-refractivity contribution in [3.8, 4) is 0 Å². The Morgan fingerprint density at radius 1 is 1.08 bits per heavy atom. The van der Waals surface area contributed by atoms with Crippen molar-refractivity contribution < 1.29 is 14.4 Å². The Morgan fingerprint density at radius 2 is 1.60 bits per heavy atom. The summed E-state index contributed by atoms with van der Waals surface area (Å²) in [6.45, 7) is 2.25. The first-order valence-corrected chi connectivity index (χ1v) is 9.34. The highest BCUT2D eigenvalue weighted by Crippen LogP contribution is 2.31. The molecule has 0 saturated heterocycles. The number of nitrogens with zero attached hydrogens (tertiary/aromatic N) is 2. The number of hydrogen-bond donors (Lipinski definition) is 0. The molecule has 0 N–H and O–H groups in total. The molecule has 0 radical (unpaired) electrons. The molecule has 7 heteroatoms. The largest absolute Gasteiger partial charge is 0.338 e. The Labute approximate surface area is 156 Å². The number of fused-ring (bicyclic) bond motifs is 1. The van der Waals surface area contributed by atoms with Gasteiger partial charge in [0.05, 0.1) is 21.2 Å². The van der Waals surface area contributed by atoms with Gasteiger partial charge >= 0.3 is 0 Å². The van der Waals surface area contributed by atoms with E-state index < -0.39 is 11.8 Å². The van der Waals surface area contributed by atoms with Crippen molar-refractivity contribution >= 4 is 40.9 Å². The molecular formula is C18H20Cl2N2O3. The van der Waals surface area contributed by atoms with Crippen LogP contribution < -0.4 is 0 Å². The third-order valence-electron chi connectivity index (χ3n) is 4.98. The van der Waals surface area contributed by atoms with Gasteiger partial charge in [-0.15, -0.1) is 0 Å². The summed E-state index contributed by atoms with van der Waals surface area (Å²) in [7, 11) is 0. The molecule has 1 aromatic carbocycles. The van der Waals surface area contributed by atoms with Crippen LogP contribution in [0.5, 0.6) is 0 Å². The van der Waals surface area contributed by atoms with Gasteiger partial charge in [0.1, 0.15) is 6.54 Å². The van der Waals surface area contributed by atoms with Gasteiger partial charge in [-0.3, -0.25) is 19.3 Å². The third-order valence-corrected chi connectivity index (χ3v) is 5.70. The minimum absolute atomic E-state index is 0.193. The van der Waals surface area contributed by atoms with Crippen LogP contribution in [0.15, 0.2) is 12.1 Å². The average Bonchev–Trinajstić information content (AvgIpc) is 2.82. The van der Waals surface area contributed by atoms with Crippen molar-refractivity contribution in [3.63, 3.8) is 0 Å². The molecule has 0 unspecified atom stereocenters. The maximum absolute atomic E-state index is 12.7. The number of rotatable bonds is 4. The Hall–Kier alpha value is -1.59. The zero-order chi connectivity index (χ0) is 18.1. The van der Waals surface area contributed by atoms with Crippen molar-refractivity contribution in [2.75, 3.05) is 13.1 Å². The molecule has 1 aromatic rings. The Kier molecular flexibility index (Phi) is 5.35. The van der Waals surface area contributed by atoms with Gasteiger partial charge in [0.25, 0.3) is 11.8 Å². The van der Waals surface area contributed by atoms with Crippen LogP contribution in [0.3, 0.4) is 0 Å². The van der Waals surface area contributed by atoms with Crippen molar-refractivity contribution in [2.24, 2.45) is 0 Å². The smallest absolute Gasteiger partial charge is 0.262 e. The van der Waals surface area contributed by atoms with Crippen LogP contribution in [0, 0.1) is 0 Å². The number of likely N-dealkylation sites (N-methyl/N-ethyl adjacent to an activating group) is 1. The van der Waals surface area contributed by atoms with E-state index in [0.29, 0.717) is 6.54 Å². The number of carbonyl (C=O) groups is 3. The van der Waals surface area contributed by atoms with Gasteiger partial charge in [-0.1, -0.05) is 42.5 Å². The van der Waals surface area contributed by atoms with Crippen LogP contribution in [0.1, 0.15) is 59.7 Å². The maximum atomic E-state index is 12.7.